The van der Waals surface area contributed by atoms with Crippen molar-refractivity contribution < 1.29 is 4.79 Å². The molecule has 0 atom stereocenters. The van der Waals surface area contributed by atoms with Gasteiger partial charge in [-0.2, -0.15) is 5.10 Å². The van der Waals surface area contributed by atoms with E-state index in [1.54, 1.807) is 4.90 Å². The second-order valence-electron chi connectivity index (χ2n) is 8.60. The molecular formula is C28H26N4O2. The number of amides is 1. The zero-order chi connectivity index (χ0) is 23.8. The number of aromatic nitrogens is 3. The minimum Gasteiger partial charge on any atom is -0.340 e. The predicted molar refractivity (Wildman–Crippen MR) is 135 cm³/mol. The van der Waals surface area contributed by atoms with Crippen LogP contribution in [0.5, 0.6) is 0 Å². The number of likely N-dealkylation sites (N-methyl/N-ethyl adjacent to an activating group) is 1. The molecule has 5 rings (SSSR count). The van der Waals surface area contributed by atoms with Crippen LogP contribution in [0.2, 0.25) is 0 Å². The van der Waals surface area contributed by atoms with Crippen molar-refractivity contribution in [3.8, 4) is 5.69 Å². The number of para-hydroxylation sites is 3. The molecule has 0 radical (unpaired) electrons. The summed E-state index contributed by atoms with van der Waals surface area (Å²) < 4.78 is 3.86. The molecule has 6 nitrogen and oxygen atoms in total. The Morgan fingerprint density at radius 1 is 0.853 bits per heavy atom. The lowest BCUT2D eigenvalue weighted by Crippen LogP contribution is -2.31. The van der Waals surface area contributed by atoms with E-state index < -0.39 is 0 Å². The van der Waals surface area contributed by atoms with E-state index in [2.05, 4.69) is 0 Å². The van der Waals surface area contributed by atoms with Gasteiger partial charge in [0.15, 0.2) is 5.43 Å². The van der Waals surface area contributed by atoms with E-state index >= 15 is 0 Å². The van der Waals surface area contributed by atoms with Gasteiger partial charge >= 0.3 is 0 Å². The third-order valence-corrected chi connectivity index (χ3v) is 6.44. The van der Waals surface area contributed by atoms with Crippen molar-refractivity contribution in [2.75, 3.05) is 7.05 Å². The Kier molecular flexibility index (Phi) is 5.49. The lowest BCUT2D eigenvalue weighted by molar-refractivity contribution is -0.130. The molecule has 0 aliphatic carbocycles. The normalized spacial score (nSPS) is 11.3. The molecule has 0 bridgehead atoms. The van der Waals surface area contributed by atoms with Gasteiger partial charge in [-0.25, -0.2) is 4.68 Å². The van der Waals surface area contributed by atoms with Crippen LogP contribution in [0.4, 0.5) is 0 Å². The van der Waals surface area contributed by atoms with Gasteiger partial charge in [-0.3, -0.25) is 9.59 Å². The lowest BCUT2D eigenvalue weighted by atomic mass is 10.1. The summed E-state index contributed by atoms with van der Waals surface area (Å²) >= 11 is 0. The third kappa shape index (κ3) is 3.67. The van der Waals surface area contributed by atoms with Gasteiger partial charge in [0.1, 0.15) is 6.54 Å². The summed E-state index contributed by atoms with van der Waals surface area (Å²) in [6, 6.07) is 24.9. The van der Waals surface area contributed by atoms with Crippen molar-refractivity contribution in [1.29, 1.82) is 0 Å². The van der Waals surface area contributed by atoms with Crippen molar-refractivity contribution >= 4 is 27.7 Å². The molecule has 0 saturated carbocycles. The first-order chi connectivity index (χ1) is 16.5. The number of carbonyl (C=O) groups is 1. The maximum absolute atomic E-state index is 13.4. The van der Waals surface area contributed by atoms with Crippen LogP contribution in [-0.2, 0) is 17.9 Å². The van der Waals surface area contributed by atoms with Crippen LogP contribution < -0.4 is 5.43 Å². The minimum absolute atomic E-state index is 0.0113. The van der Waals surface area contributed by atoms with E-state index in [0.717, 1.165) is 33.7 Å². The van der Waals surface area contributed by atoms with Crippen LogP contribution >= 0.6 is 0 Å². The van der Waals surface area contributed by atoms with E-state index in [-0.39, 0.29) is 17.9 Å². The molecule has 0 N–H and O–H groups in total. The van der Waals surface area contributed by atoms with E-state index in [1.165, 1.54) is 0 Å². The van der Waals surface area contributed by atoms with Gasteiger partial charge < -0.3 is 9.47 Å². The number of fused-ring (bicyclic) bond motifs is 2. The van der Waals surface area contributed by atoms with Gasteiger partial charge in [0, 0.05) is 35.6 Å². The van der Waals surface area contributed by atoms with Crippen molar-refractivity contribution in [2.24, 2.45) is 0 Å². The molecule has 0 fully saturated rings. The van der Waals surface area contributed by atoms with E-state index in [0.29, 0.717) is 17.3 Å². The summed E-state index contributed by atoms with van der Waals surface area (Å²) in [5.74, 6) is -0.0368. The van der Waals surface area contributed by atoms with E-state index in [4.69, 9.17) is 5.10 Å². The highest BCUT2D eigenvalue weighted by molar-refractivity contribution is 5.94. The SMILES string of the molecule is Cc1nn(-c2ccccc2)c(C)c1CN(C)C(=O)Cn1c2ccccc2c(=O)c2ccccc21. The van der Waals surface area contributed by atoms with Gasteiger partial charge in [-0.1, -0.05) is 42.5 Å². The Balaban J connectivity index is 1.48. The van der Waals surface area contributed by atoms with Crippen LogP contribution in [0.15, 0.2) is 83.7 Å². The van der Waals surface area contributed by atoms with Gasteiger partial charge in [0.25, 0.3) is 0 Å². The molecule has 0 unspecified atom stereocenters. The second-order valence-corrected chi connectivity index (χ2v) is 8.60. The second kappa shape index (κ2) is 8.63. The predicted octanol–water partition coefficient (Wildman–Crippen LogP) is 4.62. The molecular weight excluding hydrogens is 424 g/mol. The fraction of sp³-hybridized carbons (Fsp3) is 0.179. The van der Waals surface area contributed by atoms with Crippen LogP contribution in [0, 0.1) is 13.8 Å². The highest BCUT2D eigenvalue weighted by Crippen LogP contribution is 2.21. The summed E-state index contributed by atoms with van der Waals surface area (Å²) in [4.78, 5) is 28.1. The third-order valence-electron chi connectivity index (χ3n) is 6.44. The maximum Gasteiger partial charge on any atom is 0.242 e. The molecule has 0 saturated heterocycles. The van der Waals surface area contributed by atoms with Crippen molar-refractivity contribution in [2.45, 2.75) is 26.9 Å². The Labute approximate surface area is 197 Å². The van der Waals surface area contributed by atoms with E-state index in [9.17, 15) is 9.59 Å². The molecule has 1 amide bonds. The van der Waals surface area contributed by atoms with Crippen LogP contribution in [0.25, 0.3) is 27.5 Å². The molecule has 3 aromatic carbocycles. The summed E-state index contributed by atoms with van der Waals surface area (Å²) in [7, 11) is 1.81. The van der Waals surface area contributed by atoms with Crippen LogP contribution in [0.1, 0.15) is 17.0 Å². The number of pyridine rings is 1. The molecule has 0 aliphatic rings. The Hall–Kier alpha value is -4.19. The number of rotatable bonds is 5. The molecule has 6 heteroatoms. The number of hydrogen-bond donors (Lipinski definition) is 0. The number of benzene rings is 3. The molecule has 0 spiro atoms. The number of nitrogens with zero attached hydrogens (tertiary/aromatic N) is 4. The topological polar surface area (TPSA) is 60.1 Å². The molecule has 2 heterocycles. The average molecular weight is 451 g/mol. The molecule has 170 valence electrons. The Morgan fingerprint density at radius 2 is 1.41 bits per heavy atom. The molecule has 34 heavy (non-hydrogen) atoms. The van der Waals surface area contributed by atoms with Gasteiger partial charge in [0.2, 0.25) is 5.91 Å². The summed E-state index contributed by atoms with van der Waals surface area (Å²) in [5.41, 5.74) is 5.46. The summed E-state index contributed by atoms with van der Waals surface area (Å²) in [5, 5.41) is 5.94. The zero-order valence-electron chi connectivity index (χ0n) is 19.5. The monoisotopic (exact) mass is 450 g/mol. The smallest absolute Gasteiger partial charge is 0.242 e. The van der Waals surface area contributed by atoms with Gasteiger partial charge in [0.05, 0.1) is 22.4 Å². The zero-order valence-corrected chi connectivity index (χ0v) is 19.5. The largest absolute Gasteiger partial charge is 0.340 e. The standard InChI is InChI=1S/C28H26N4O2/c1-19-24(20(2)32(29-19)21-11-5-4-6-12-21)17-30(3)27(33)18-31-25-15-9-7-13-22(25)28(34)23-14-8-10-16-26(23)31/h4-16H,17-18H2,1-3H3. The first-order valence-corrected chi connectivity index (χ1v) is 11.3. The number of hydrogen-bond acceptors (Lipinski definition) is 3. The molecule has 2 aromatic heterocycles. The van der Waals surface area contributed by atoms with Crippen molar-refractivity contribution in [1.82, 2.24) is 19.2 Å². The van der Waals surface area contributed by atoms with Crippen LogP contribution in [0.3, 0.4) is 0 Å². The highest BCUT2D eigenvalue weighted by Gasteiger charge is 2.19. The number of carbonyl (C=O) groups excluding carboxylic acids is 1. The summed E-state index contributed by atoms with van der Waals surface area (Å²) in [6.07, 6.45) is 0. The van der Waals surface area contributed by atoms with Gasteiger partial charge in [-0.05, 0) is 50.2 Å². The average Bonchev–Trinajstić information content (AvgIpc) is 3.15. The fourth-order valence-electron chi connectivity index (χ4n) is 4.55. The maximum atomic E-state index is 13.4. The lowest BCUT2D eigenvalue weighted by Gasteiger charge is -2.21. The molecule has 5 aromatic rings. The number of aryl methyl sites for hydroxylation is 1. The van der Waals surface area contributed by atoms with E-state index in [1.807, 2.05) is 109 Å². The summed E-state index contributed by atoms with van der Waals surface area (Å²) in [6.45, 7) is 4.61. The van der Waals surface area contributed by atoms with Crippen molar-refractivity contribution in [3.05, 3.63) is 106 Å². The Morgan fingerprint density at radius 3 is 2.03 bits per heavy atom. The highest BCUT2D eigenvalue weighted by atomic mass is 16.2. The quantitative estimate of drug-likeness (QED) is 0.367. The fourth-order valence-corrected chi connectivity index (χ4v) is 4.55. The van der Waals surface area contributed by atoms with Crippen LogP contribution in [-0.4, -0.2) is 32.2 Å². The van der Waals surface area contributed by atoms with Gasteiger partial charge in [-0.15, -0.1) is 0 Å². The van der Waals surface area contributed by atoms with Crippen molar-refractivity contribution in [3.63, 3.8) is 0 Å². The molecule has 0 aliphatic heterocycles. The first kappa shape index (κ1) is 21.6. The first-order valence-electron chi connectivity index (χ1n) is 11.3. The Bertz CT molecular complexity index is 1520. The minimum atomic E-state index is -0.0368.